The summed E-state index contributed by atoms with van der Waals surface area (Å²) >= 11 is 0. The Labute approximate surface area is 188 Å². The molecular formula is C26H31F2N3O. The molecule has 1 N–H and O–H groups in total. The Hall–Kier alpha value is -2.31. The van der Waals surface area contributed by atoms with Gasteiger partial charge in [-0.3, -0.25) is 9.69 Å². The highest BCUT2D eigenvalue weighted by atomic mass is 19.3. The van der Waals surface area contributed by atoms with Gasteiger partial charge in [0.25, 0.3) is 12.3 Å². The average molecular weight is 440 g/mol. The summed E-state index contributed by atoms with van der Waals surface area (Å²) in [7, 11) is 0. The second kappa shape index (κ2) is 9.28. The summed E-state index contributed by atoms with van der Waals surface area (Å²) in [4.78, 5) is 16.9. The number of hydrogen-bond donors (Lipinski definition) is 1. The number of nitrogens with zero attached hydrogens (tertiary/aromatic N) is 2. The van der Waals surface area contributed by atoms with E-state index in [2.05, 4.69) is 17.4 Å². The van der Waals surface area contributed by atoms with Gasteiger partial charge in [0.05, 0.1) is 6.04 Å². The third-order valence-corrected chi connectivity index (χ3v) is 7.45. The molecule has 4 nitrogen and oxygen atoms in total. The van der Waals surface area contributed by atoms with Gasteiger partial charge in [-0.1, -0.05) is 42.5 Å². The van der Waals surface area contributed by atoms with Crippen LogP contribution >= 0.6 is 0 Å². The molecule has 0 aromatic heterocycles. The number of rotatable bonds is 5. The monoisotopic (exact) mass is 439 g/mol. The first-order valence-electron chi connectivity index (χ1n) is 11.8. The van der Waals surface area contributed by atoms with E-state index in [0.717, 1.165) is 49.9 Å². The summed E-state index contributed by atoms with van der Waals surface area (Å²) < 4.78 is 27.8. The SMILES string of the molecule is O=C1c2ccc(C3CCN(C(c4ccccc4)C(F)F)CC3)cc2CN1C1CCCNC1. The van der Waals surface area contributed by atoms with Gasteiger partial charge in [-0.2, -0.15) is 0 Å². The highest BCUT2D eigenvalue weighted by Crippen LogP contribution is 2.37. The summed E-state index contributed by atoms with van der Waals surface area (Å²) in [5.74, 6) is 0.504. The van der Waals surface area contributed by atoms with Crippen LogP contribution in [0.2, 0.25) is 0 Å². The molecule has 2 aromatic carbocycles. The molecule has 0 saturated carbocycles. The second-order valence-corrected chi connectivity index (χ2v) is 9.35. The van der Waals surface area contributed by atoms with Crippen molar-refractivity contribution in [1.29, 1.82) is 0 Å². The molecule has 1 amide bonds. The van der Waals surface area contributed by atoms with E-state index in [9.17, 15) is 13.6 Å². The minimum absolute atomic E-state index is 0.151. The van der Waals surface area contributed by atoms with Crippen molar-refractivity contribution in [2.75, 3.05) is 26.2 Å². The van der Waals surface area contributed by atoms with E-state index < -0.39 is 12.5 Å². The Bertz CT molecular complexity index is 937. The Morgan fingerprint density at radius 3 is 2.47 bits per heavy atom. The molecule has 6 heteroatoms. The number of amides is 1. The fraction of sp³-hybridized carbons (Fsp3) is 0.500. The number of halogens is 2. The van der Waals surface area contributed by atoms with Crippen molar-refractivity contribution < 1.29 is 13.6 Å². The van der Waals surface area contributed by atoms with E-state index >= 15 is 0 Å². The van der Waals surface area contributed by atoms with E-state index in [4.69, 9.17) is 0 Å². The second-order valence-electron chi connectivity index (χ2n) is 9.35. The zero-order chi connectivity index (χ0) is 22.1. The fourth-order valence-corrected chi connectivity index (χ4v) is 5.69. The lowest BCUT2D eigenvalue weighted by Crippen LogP contribution is -2.46. The molecule has 3 aliphatic heterocycles. The van der Waals surface area contributed by atoms with Gasteiger partial charge in [0.15, 0.2) is 0 Å². The van der Waals surface area contributed by atoms with Crippen molar-refractivity contribution >= 4 is 5.91 Å². The van der Waals surface area contributed by atoms with Gasteiger partial charge >= 0.3 is 0 Å². The van der Waals surface area contributed by atoms with E-state index in [0.29, 0.717) is 31.1 Å². The molecule has 2 unspecified atom stereocenters. The van der Waals surface area contributed by atoms with Gasteiger partial charge in [0, 0.05) is 24.7 Å². The minimum atomic E-state index is -2.40. The number of carbonyl (C=O) groups is 1. The number of piperidine rings is 2. The van der Waals surface area contributed by atoms with Gasteiger partial charge in [-0.25, -0.2) is 8.78 Å². The van der Waals surface area contributed by atoms with Crippen LogP contribution in [0.25, 0.3) is 0 Å². The lowest BCUT2D eigenvalue weighted by molar-refractivity contribution is 0.0120. The third kappa shape index (κ3) is 4.18. The first-order valence-corrected chi connectivity index (χ1v) is 11.8. The first kappa shape index (κ1) is 21.5. The van der Waals surface area contributed by atoms with Crippen molar-refractivity contribution in [2.45, 2.75) is 56.7 Å². The summed E-state index contributed by atoms with van der Waals surface area (Å²) in [6.07, 6.45) is 1.49. The molecule has 2 aromatic rings. The van der Waals surface area contributed by atoms with Crippen LogP contribution in [0.4, 0.5) is 8.78 Å². The van der Waals surface area contributed by atoms with Crippen LogP contribution in [-0.4, -0.2) is 54.4 Å². The fourth-order valence-electron chi connectivity index (χ4n) is 5.69. The summed E-state index contributed by atoms with van der Waals surface area (Å²) in [6, 6.07) is 14.8. The van der Waals surface area contributed by atoms with Crippen LogP contribution in [0.5, 0.6) is 0 Å². The first-order chi connectivity index (χ1) is 15.6. The normalized spacial score (nSPS) is 23.5. The van der Waals surface area contributed by atoms with Gasteiger partial charge < -0.3 is 10.2 Å². The predicted octanol–water partition coefficient (Wildman–Crippen LogP) is 4.58. The molecule has 2 atom stereocenters. The maximum absolute atomic E-state index is 13.9. The third-order valence-electron chi connectivity index (χ3n) is 7.45. The zero-order valence-corrected chi connectivity index (χ0v) is 18.4. The number of likely N-dealkylation sites (tertiary alicyclic amines) is 1. The van der Waals surface area contributed by atoms with Crippen LogP contribution in [0.3, 0.4) is 0 Å². The van der Waals surface area contributed by atoms with Gasteiger partial charge in [-0.15, -0.1) is 0 Å². The summed E-state index contributed by atoms with van der Waals surface area (Å²) in [5.41, 5.74) is 3.89. The van der Waals surface area contributed by atoms with Crippen LogP contribution < -0.4 is 5.32 Å². The van der Waals surface area contributed by atoms with E-state index in [-0.39, 0.29) is 11.9 Å². The Balaban J connectivity index is 1.26. The van der Waals surface area contributed by atoms with E-state index in [1.165, 1.54) is 5.56 Å². The Kier molecular flexibility index (Phi) is 6.24. The molecule has 0 bridgehead atoms. The smallest absolute Gasteiger partial charge is 0.258 e. The molecule has 3 heterocycles. The zero-order valence-electron chi connectivity index (χ0n) is 18.4. The molecule has 2 fully saturated rings. The molecule has 0 radical (unpaired) electrons. The average Bonchev–Trinajstić information content (AvgIpc) is 3.16. The maximum Gasteiger partial charge on any atom is 0.258 e. The van der Waals surface area contributed by atoms with Crippen LogP contribution in [0.15, 0.2) is 48.5 Å². The lowest BCUT2D eigenvalue weighted by Gasteiger charge is -2.37. The minimum Gasteiger partial charge on any atom is -0.330 e. The molecule has 170 valence electrons. The quantitative estimate of drug-likeness (QED) is 0.741. The van der Waals surface area contributed by atoms with Gasteiger partial charge in [0.2, 0.25) is 0 Å². The van der Waals surface area contributed by atoms with Crippen LogP contribution in [0, 0.1) is 0 Å². The number of alkyl halides is 2. The number of hydrogen-bond acceptors (Lipinski definition) is 3. The lowest BCUT2D eigenvalue weighted by atomic mass is 9.87. The van der Waals surface area contributed by atoms with Crippen molar-refractivity contribution in [3.8, 4) is 0 Å². The van der Waals surface area contributed by atoms with Gasteiger partial charge in [-0.05, 0) is 74.0 Å². The number of benzene rings is 2. The molecule has 32 heavy (non-hydrogen) atoms. The number of carbonyl (C=O) groups excluding carboxylic acids is 1. The van der Waals surface area contributed by atoms with E-state index in [1.54, 1.807) is 12.1 Å². The topological polar surface area (TPSA) is 35.6 Å². The van der Waals surface area contributed by atoms with Crippen molar-refractivity contribution in [3.63, 3.8) is 0 Å². The Morgan fingerprint density at radius 1 is 1.00 bits per heavy atom. The highest BCUT2D eigenvalue weighted by Gasteiger charge is 2.35. The molecule has 0 spiro atoms. The number of nitrogens with one attached hydrogen (secondary N) is 1. The predicted molar refractivity (Wildman–Crippen MR) is 121 cm³/mol. The number of fused-ring (bicyclic) bond motifs is 1. The molecule has 0 aliphatic carbocycles. The van der Waals surface area contributed by atoms with Crippen molar-refractivity contribution in [3.05, 3.63) is 70.8 Å². The molecule has 3 aliphatic rings. The molecular weight excluding hydrogens is 408 g/mol. The molecule has 2 saturated heterocycles. The Morgan fingerprint density at radius 2 is 1.78 bits per heavy atom. The maximum atomic E-state index is 13.9. The van der Waals surface area contributed by atoms with Gasteiger partial charge in [0.1, 0.15) is 0 Å². The summed E-state index contributed by atoms with van der Waals surface area (Å²) in [5, 5.41) is 3.40. The van der Waals surface area contributed by atoms with Crippen molar-refractivity contribution in [1.82, 2.24) is 15.1 Å². The largest absolute Gasteiger partial charge is 0.330 e. The van der Waals surface area contributed by atoms with Crippen LogP contribution in [0.1, 0.15) is 64.7 Å². The van der Waals surface area contributed by atoms with Crippen molar-refractivity contribution in [2.24, 2.45) is 0 Å². The summed E-state index contributed by atoms with van der Waals surface area (Å²) in [6.45, 7) is 3.91. The standard InChI is InChI=1S/C26H31F2N3O/c27-25(28)24(19-5-2-1-3-6-19)30-13-10-18(11-14-30)20-8-9-23-21(15-20)17-31(26(23)32)22-7-4-12-29-16-22/h1-3,5-6,8-9,15,18,22,24-25,29H,4,7,10-14,16-17H2. The molecule has 5 rings (SSSR count). The van der Waals surface area contributed by atoms with Crippen LogP contribution in [-0.2, 0) is 6.54 Å². The highest BCUT2D eigenvalue weighted by molar-refractivity contribution is 5.98. The van der Waals surface area contributed by atoms with E-state index in [1.807, 2.05) is 34.1 Å².